The maximum atomic E-state index is 10.9. The van der Waals surface area contributed by atoms with Gasteiger partial charge >= 0.3 is 0 Å². The van der Waals surface area contributed by atoms with Gasteiger partial charge in [0, 0.05) is 24.4 Å². The number of H-pyrrole nitrogens is 1. The Morgan fingerprint density at radius 3 is 3.00 bits per heavy atom. The van der Waals surface area contributed by atoms with Crippen molar-refractivity contribution in [3.8, 4) is 0 Å². The van der Waals surface area contributed by atoms with Crippen molar-refractivity contribution in [3.63, 3.8) is 0 Å². The van der Waals surface area contributed by atoms with E-state index in [0.717, 1.165) is 12.0 Å². The molecule has 1 aromatic rings. The van der Waals surface area contributed by atoms with Crippen LogP contribution in [0.25, 0.3) is 0 Å². The molecule has 1 aliphatic carbocycles. The highest BCUT2D eigenvalue weighted by Crippen LogP contribution is 2.20. The summed E-state index contributed by atoms with van der Waals surface area (Å²) in [6, 6.07) is 0. The van der Waals surface area contributed by atoms with Crippen LogP contribution in [0.4, 0.5) is 0 Å². The number of aromatic amines is 1. The Morgan fingerprint density at radius 1 is 1.33 bits per heavy atom. The van der Waals surface area contributed by atoms with E-state index in [4.69, 9.17) is 0 Å². The molecule has 0 fully saturated rings. The SMILES string of the molecule is O=C1CCc2c[nH]cc21. The minimum atomic E-state index is 0.284. The van der Waals surface area contributed by atoms with E-state index >= 15 is 0 Å². The van der Waals surface area contributed by atoms with Gasteiger partial charge in [-0.2, -0.15) is 0 Å². The van der Waals surface area contributed by atoms with Crippen molar-refractivity contribution in [1.29, 1.82) is 0 Å². The van der Waals surface area contributed by atoms with E-state index in [-0.39, 0.29) is 5.78 Å². The maximum absolute atomic E-state index is 10.9. The predicted molar refractivity (Wildman–Crippen MR) is 33.4 cm³/mol. The summed E-state index contributed by atoms with van der Waals surface area (Å²) in [6.07, 6.45) is 5.32. The molecule has 2 nitrogen and oxygen atoms in total. The van der Waals surface area contributed by atoms with Crippen LogP contribution in [0, 0.1) is 0 Å². The van der Waals surface area contributed by atoms with Crippen molar-refractivity contribution >= 4 is 5.78 Å². The van der Waals surface area contributed by atoms with Crippen LogP contribution in [0.15, 0.2) is 12.4 Å². The largest absolute Gasteiger partial charge is 0.367 e. The molecule has 0 atom stereocenters. The lowest BCUT2D eigenvalue weighted by molar-refractivity contribution is 0.0994. The van der Waals surface area contributed by atoms with Crippen LogP contribution in [0.2, 0.25) is 0 Å². The average molecular weight is 121 g/mol. The number of carbonyl (C=O) groups is 1. The third-order valence-electron chi connectivity index (χ3n) is 1.75. The van der Waals surface area contributed by atoms with E-state index in [2.05, 4.69) is 4.98 Å². The normalized spacial score (nSPS) is 16.2. The summed E-state index contributed by atoms with van der Waals surface area (Å²) in [5.41, 5.74) is 2.08. The lowest BCUT2D eigenvalue weighted by Crippen LogP contribution is -1.87. The van der Waals surface area contributed by atoms with Gasteiger partial charge in [-0.25, -0.2) is 0 Å². The second-order valence-electron chi connectivity index (χ2n) is 2.32. The Kier molecular flexibility index (Phi) is 0.781. The zero-order valence-electron chi connectivity index (χ0n) is 4.98. The van der Waals surface area contributed by atoms with E-state index in [1.54, 1.807) is 6.20 Å². The third-order valence-corrected chi connectivity index (χ3v) is 1.75. The van der Waals surface area contributed by atoms with E-state index in [1.807, 2.05) is 6.20 Å². The molecule has 1 aliphatic rings. The first kappa shape index (κ1) is 4.79. The molecule has 9 heavy (non-hydrogen) atoms. The molecule has 0 spiro atoms. The number of hydrogen-bond acceptors (Lipinski definition) is 1. The van der Waals surface area contributed by atoms with Crippen molar-refractivity contribution in [2.75, 3.05) is 0 Å². The molecule has 1 aromatic heterocycles. The first-order valence-corrected chi connectivity index (χ1v) is 3.07. The number of carbonyl (C=O) groups excluding carboxylic acids is 1. The average Bonchev–Trinajstić information content (AvgIpc) is 2.35. The molecule has 0 aliphatic heterocycles. The van der Waals surface area contributed by atoms with Crippen LogP contribution in [-0.2, 0) is 6.42 Å². The molecular weight excluding hydrogens is 114 g/mol. The molecule has 2 heteroatoms. The minimum Gasteiger partial charge on any atom is -0.367 e. The lowest BCUT2D eigenvalue weighted by Gasteiger charge is -1.79. The molecule has 1 N–H and O–H groups in total. The topological polar surface area (TPSA) is 32.9 Å². The van der Waals surface area contributed by atoms with Crippen molar-refractivity contribution < 1.29 is 4.79 Å². The highest BCUT2D eigenvalue weighted by Gasteiger charge is 2.18. The van der Waals surface area contributed by atoms with Crippen LogP contribution in [-0.4, -0.2) is 10.8 Å². The van der Waals surface area contributed by atoms with Gasteiger partial charge in [-0.15, -0.1) is 0 Å². The van der Waals surface area contributed by atoms with Gasteiger partial charge in [0.2, 0.25) is 0 Å². The molecule has 0 saturated carbocycles. The number of hydrogen-bond donors (Lipinski definition) is 1. The molecular formula is C7H7NO. The fourth-order valence-corrected chi connectivity index (χ4v) is 1.25. The Balaban J connectivity index is 2.61. The number of rotatable bonds is 0. The number of Topliss-reactive ketones (excluding diaryl/α,β-unsaturated/α-hetero) is 1. The highest BCUT2D eigenvalue weighted by atomic mass is 16.1. The van der Waals surface area contributed by atoms with Crippen molar-refractivity contribution in [2.45, 2.75) is 12.8 Å². The van der Waals surface area contributed by atoms with Crippen molar-refractivity contribution in [3.05, 3.63) is 23.5 Å². The quantitative estimate of drug-likeness (QED) is 0.548. The second kappa shape index (κ2) is 1.47. The minimum absolute atomic E-state index is 0.284. The summed E-state index contributed by atoms with van der Waals surface area (Å²) in [6.45, 7) is 0. The van der Waals surface area contributed by atoms with Gasteiger partial charge < -0.3 is 4.98 Å². The van der Waals surface area contributed by atoms with E-state index < -0.39 is 0 Å². The van der Waals surface area contributed by atoms with E-state index in [9.17, 15) is 4.79 Å². The molecule has 0 amide bonds. The van der Waals surface area contributed by atoms with E-state index in [0.29, 0.717) is 6.42 Å². The first-order chi connectivity index (χ1) is 4.38. The standard InChI is InChI=1S/C7H7NO/c9-7-2-1-5-3-8-4-6(5)7/h3-4,8H,1-2H2. The summed E-state index contributed by atoms with van der Waals surface area (Å²) in [4.78, 5) is 13.8. The maximum Gasteiger partial charge on any atom is 0.165 e. The van der Waals surface area contributed by atoms with Crippen LogP contribution in [0.1, 0.15) is 22.3 Å². The van der Waals surface area contributed by atoms with E-state index in [1.165, 1.54) is 5.56 Å². The Hall–Kier alpha value is -1.05. The molecule has 0 unspecified atom stereocenters. The number of aryl methyl sites for hydroxylation is 1. The highest BCUT2D eigenvalue weighted by molar-refractivity contribution is 6.00. The van der Waals surface area contributed by atoms with Crippen LogP contribution in [0.5, 0.6) is 0 Å². The molecule has 1 heterocycles. The number of fused-ring (bicyclic) bond motifs is 1. The third kappa shape index (κ3) is 0.529. The summed E-state index contributed by atoms with van der Waals surface area (Å²) in [5, 5.41) is 0. The van der Waals surface area contributed by atoms with Gasteiger partial charge in [-0.3, -0.25) is 4.79 Å². The second-order valence-corrected chi connectivity index (χ2v) is 2.32. The van der Waals surface area contributed by atoms with Crippen LogP contribution >= 0.6 is 0 Å². The number of aromatic nitrogens is 1. The van der Waals surface area contributed by atoms with Crippen LogP contribution in [0.3, 0.4) is 0 Å². The zero-order valence-corrected chi connectivity index (χ0v) is 4.98. The van der Waals surface area contributed by atoms with Crippen molar-refractivity contribution in [1.82, 2.24) is 4.98 Å². The summed E-state index contributed by atoms with van der Waals surface area (Å²) in [5.74, 6) is 0.284. The van der Waals surface area contributed by atoms with Gasteiger partial charge in [-0.05, 0) is 12.0 Å². The van der Waals surface area contributed by atoms with Gasteiger partial charge in [0.15, 0.2) is 5.78 Å². The molecule has 2 rings (SSSR count). The van der Waals surface area contributed by atoms with Gasteiger partial charge in [-0.1, -0.05) is 0 Å². The predicted octanol–water partition coefficient (Wildman–Crippen LogP) is 1.14. The summed E-state index contributed by atoms with van der Waals surface area (Å²) < 4.78 is 0. The molecule has 0 bridgehead atoms. The Labute approximate surface area is 52.9 Å². The summed E-state index contributed by atoms with van der Waals surface area (Å²) >= 11 is 0. The first-order valence-electron chi connectivity index (χ1n) is 3.07. The summed E-state index contributed by atoms with van der Waals surface area (Å²) in [7, 11) is 0. The molecule has 0 aromatic carbocycles. The smallest absolute Gasteiger partial charge is 0.165 e. The fourth-order valence-electron chi connectivity index (χ4n) is 1.25. The van der Waals surface area contributed by atoms with Gasteiger partial charge in [0.1, 0.15) is 0 Å². The zero-order chi connectivity index (χ0) is 6.27. The Bertz CT molecular complexity index is 249. The lowest BCUT2D eigenvalue weighted by atomic mass is 10.2. The fraction of sp³-hybridized carbons (Fsp3) is 0.286. The van der Waals surface area contributed by atoms with Crippen LogP contribution < -0.4 is 0 Å². The van der Waals surface area contributed by atoms with Gasteiger partial charge in [0.25, 0.3) is 0 Å². The molecule has 46 valence electrons. The van der Waals surface area contributed by atoms with Crippen molar-refractivity contribution in [2.24, 2.45) is 0 Å². The molecule has 0 radical (unpaired) electrons. The molecule has 0 saturated heterocycles. The Morgan fingerprint density at radius 2 is 2.22 bits per heavy atom. The number of nitrogens with one attached hydrogen (secondary N) is 1. The van der Waals surface area contributed by atoms with Gasteiger partial charge in [0.05, 0.1) is 0 Å². The number of ketones is 1. The monoisotopic (exact) mass is 121 g/mol.